The van der Waals surface area contributed by atoms with Gasteiger partial charge in [-0.15, -0.1) is 6.58 Å². The van der Waals surface area contributed by atoms with Gasteiger partial charge < -0.3 is 10.4 Å². The predicted octanol–water partition coefficient (Wildman–Crippen LogP) is 2.41. The van der Waals surface area contributed by atoms with Crippen LogP contribution in [0.4, 0.5) is 4.39 Å². The molecule has 1 aromatic carbocycles. The first-order valence-electron chi connectivity index (χ1n) is 5.41. The van der Waals surface area contributed by atoms with Crippen LogP contribution in [-0.4, -0.2) is 17.8 Å². The normalized spacial score (nSPS) is 14.4. The molecule has 0 amide bonds. The van der Waals surface area contributed by atoms with E-state index in [1.807, 2.05) is 6.92 Å². The van der Waals surface area contributed by atoms with E-state index in [-0.39, 0.29) is 24.5 Å². The van der Waals surface area contributed by atoms with Crippen molar-refractivity contribution < 1.29 is 9.50 Å². The second-order valence-electron chi connectivity index (χ2n) is 3.85. The second kappa shape index (κ2) is 6.40. The minimum Gasteiger partial charge on any atom is -0.395 e. The van der Waals surface area contributed by atoms with Crippen LogP contribution in [0.3, 0.4) is 0 Å². The molecule has 88 valence electrons. The molecule has 0 fully saturated rings. The zero-order chi connectivity index (χ0) is 12.0. The van der Waals surface area contributed by atoms with Crippen LogP contribution in [0.5, 0.6) is 0 Å². The summed E-state index contributed by atoms with van der Waals surface area (Å²) in [5.74, 6) is -0.230. The molecule has 0 aliphatic rings. The molecule has 0 radical (unpaired) electrons. The second-order valence-corrected chi connectivity index (χ2v) is 3.85. The first-order chi connectivity index (χ1) is 7.69. The number of benzene rings is 1. The Labute approximate surface area is 95.8 Å². The standard InChI is InChI=1S/C13H18FNO/c1-3-6-13(15-10(2)9-16)11-7-4-5-8-12(11)14/h3-5,7-8,10,13,15-16H,1,6,9H2,2H3/t10-,13?/m1/s1. The number of halogens is 1. The maximum absolute atomic E-state index is 13.6. The highest BCUT2D eigenvalue weighted by atomic mass is 19.1. The number of rotatable bonds is 6. The topological polar surface area (TPSA) is 32.3 Å². The van der Waals surface area contributed by atoms with Crippen LogP contribution in [0.2, 0.25) is 0 Å². The van der Waals surface area contributed by atoms with Crippen LogP contribution in [0.25, 0.3) is 0 Å². The van der Waals surface area contributed by atoms with E-state index in [0.717, 1.165) is 0 Å². The van der Waals surface area contributed by atoms with E-state index in [2.05, 4.69) is 11.9 Å². The van der Waals surface area contributed by atoms with Crippen LogP contribution < -0.4 is 5.32 Å². The van der Waals surface area contributed by atoms with E-state index in [0.29, 0.717) is 12.0 Å². The minimum atomic E-state index is -0.230. The van der Waals surface area contributed by atoms with Crippen molar-refractivity contribution in [1.82, 2.24) is 5.32 Å². The summed E-state index contributed by atoms with van der Waals surface area (Å²) in [6.07, 6.45) is 2.37. The first-order valence-corrected chi connectivity index (χ1v) is 5.41. The smallest absolute Gasteiger partial charge is 0.127 e. The van der Waals surface area contributed by atoms with E-state index in [9.17, 15) is 4.39 Å². The molecule has 16 heavy (non-hydrogen) atoms. The average Bonchev–Trinajstić information content (AvgIpc) is 2.29. The van der Waals surface area contributed by atoms with Crippen LogP contribution in [0.1, 0.15) is 24.9 Å². The summed E-state index contributed by atoms with van der Waals surface area (Å²) in [5, 5.41) is 12.1. The number of hydrogen-bond acceptors (Lipinski definition) is 2. The zero-order valence-corrected chi connectivity index (χ0v) is 9.49. The highest BCUT2D eigenvalue weighted by Gasteiger charge is 2.15. The average molecular weight is 223 g/mol. The van der Waals surface area contributed by atoms with Gasteiger partial charge in [-0.1, -0.05) is 24.3 Å². The highest BCUT2D eigenvalue weighted by Crippen LogP contribution is 2.20. The third-order valence-electron chi connectivity index (χ3n) is 2.44. The molecule has 0 saturated carbocycles. The van der Waals surface area contributed by atoms with Crippen LogP contribution in [0, 0.1) is 5.82 Å². The van der Waals surface area contributed by atoms with Crippen molar-refractivity contribution in [3.63, 3.8) is 0 Å². The van der Waals surface area contributed by atoms with Gasteiger partial charge in [0.1, 0.15) is 5.82 Å². The van der Waals surface area contributed by atoms with Gasteiger partial charge in [0.25, 0.3) is 0 Å². The molecule has 3 heteroatoms. The quantitative estimate of drug-likeness (QED) is 0.726. The Morgan fingerprint density at radius 2 is 2.19 bits per heavy atom. The SMILES string of the molecule is C=CCC(N[C@H](C)CO)c1ccccc1F. The summed E-state index contributed by atoms with van der Waals surface area (Å²) < 4.78 is 13.6. The summed E-state index contributed by atoms with van der Waals surface area (Å²) in [7, 11) is 0. The van der Waals surface area contributed by atoms with Gasteiger partial charge in [-0.3, -0.25) is 0 Å². The summed E-state index contributed by atoms with van der Waals surface area (Å²) in [6, 6.07) is 6.46. The molecule has 2 N–H and O–H groups in total. The maximum atomic E-state index is 13.6. The van der Waals surface area contributed by atoms with E-state index in [1.54, 1.807) is 24.3 Å². The van der Waals surface area contributed by atoms with E-state index in [4.69, 9.17) is 5.11 Å². The van der Waals surface area contributed by atoms with E-state index >= 15 is 0 Å². The van der Waals surface area contributed by atoms with Gasteiger partial charge in [0.05, 0.1) is 6.61 Å². The maximum Gasteiger partial charge on any atom is 0.127 e. The van der Waals surface area contributed by atoms with E-state index in [1.165, 1.54) is 6.07 Å². The van der Waals surface area contributed by atoms with Crippen molar-refractivity contribution in [1.29, 1.82) is 0 Å². The van der Waals surface area contributed by atoms with Gasteiger partial charge in [0.2, 0.25) is 0 Å². The van der Waals surface area contributed by atoms with Crippen molar-refractivity contribution in [3.05, 3.63) is 48.3 Å². The Hall–Kier alpha value is -1.19. The van der Waals surface area contributed by atoms with Crippen molar-refractivity contribution >= 4 is 0 Å². The van der Waals surface area contributed by atoms with Crippen LogP contribution >= 0.6 is 0 Å². The Morgan fingerprint density at radius 3 is 2.75 bits per heavy atom. The zero-order valence-electron chi connectivity index (χ0n) is 9.49. The lowest BCUT2D eigenvalue weighted by molar-refractivity contribution is 0.240. The number of nitrogens with one attached hydrogen (secondary N) is 1. The van der Waals surface area contributed by atoms with Crippen LogP contribution in [0.15, 0.2) is 36.9 Å². The lowest BCUT2D eigenvalue weighted by atomic mass is 10.0. The van der Waals surface area contributed by atoms with Crippen molar-refractivity contribution in [3.8, 4) is 0 Å². The minimum absolute atomic E-state index is 0.0299. The molecule has 1 rings (SSSR count). The Bertz CT molecular complexity index is 340. The molecule has 0 heterocycles. The fourth-order valence-electron chi connectivity index (χ4n) is 1.61. The molecule has 0 saturated heterocycles. The molecule has 0 aliphatic heterocycles. The largest absolute Gasteiger partial charge is 0.395 e. The summed E-state index contributed by atoms with van der Waals surface area (Å²) in [4.78, 5) is 0. The Morgan fingerprint density at radius 1 is 1.50 bits per heavy atom. The van der Waals surface area contributed by atoms with Gasteiger partial charge in [-0.2, -0.15) is 0 Å². The molecule has 0 spiro atoms. The summed E-state index contributed by atoms with van der Waals surface area (Å²) in [5.41, 5.74) is 0.614. The van der Waals surface area contributed by atoms with Gasteiger partial charge in [-0.05, 0) is 19.4 Å². The van der Waals surface area contributed by atoms with Gasteiger partial charge in [-0.25, -0.2) is 4.39 Å². The molecule has 1 unspecified atom stereocenters. The van der Waals surface area contributed by atoms with Crippen molar-refractivity contribution in [2.24, 2.45) is 0 Å². The fraction of sp³-hybridized carbons (Fsp3) is 0.385. The molecule has 0 bridgehead atoms. The summed E-state index contributed by atoms with van der Waals surface area (Å²) in [6.45, 7) is 5.55. The Kier molecular flexibility index (Phi) is 5.15. The Balaban J connectivity index is 2.84. The first kappa shape index (κ1) is 12.9. The third kappa shape index (κ3) is 3.43. The number of aliphatic hydroxyl groups excluding tert-OH is 1. The van der Waals surface area contributed by atoms with Gasteiger partial charge in [0, 0.05) is 17.6 Å². The molecule has 0 aromatic heterocycles. The number of aliphatic hydroxyl groups is 1. The van der Waals surface area contributed by atoms with Crippen molar-refractivity contribution in [2.75, 3.05) is 6.61 Å². The fourth-order valence-corrected chi connectivity index (χ4v) is 1.61. The van der Waals surface area contributed by atoms with Crippen LogP contribution in [-0.2, 0) is 0 Å². The monoisotopic (exact) mass is 223 g/mol. The lowest BCUT2D eigenvalue weighted by Crippen LogP contribution is -2.33. The molecule has 2 nitrogen and oxygen atoms in total. The third-order valence-corrected chi connectivity index (χ3v) is 2.44. The molecular formula is C13H18FNO. The number of hydrogen-bond donors (Lipinski definition) is 2. The van der Waals surface area contributed by atoms with Gasteiger partial charge >= 0.3 is 0 Å². The molecule has 2 atom stereocenters. The highest BCUT2D eigenvalue weighted by molar-refractivity contribution is 5.22. The van der Waals surface area contributed by atoms with Crippen molar-refractivity contribution in [2.45, 2.75) is 25.4 Å². The molecular weight excluding hydrogens is 205 g/mol. The van der Waals surface area contributed by atoms with E-state index < -0.39 is 0 Å². The predicted molar refractivity (Wildman–Crippen MR) is 63.6 cm³/mol. The summed E-state index contributed by atoms with van der Waals surface area (Å²) >= 11 is 0. The van der Waals surface area contributed by atoms with Gasteiger partial charge in [0.15, 0.2) is 0 Å². The molecule has 1 aromatic rings. The molecule has 0 aliphatic carbocycles. The lowest BCUT2D eigenvalue weighted by Gasteiger charge is -2.22.